The molecular weight excluding hydrogens is 515 g/mol. The van der Waals surface area contributed by atoms with Crippen molar-refractivity contribution in [1.29, 1.82) is 0 Å². The van der Waals surface area contributed by atoms with Gasteiger partial charge in [-0.25, -0.2) is 4.79 Å². The Hall–Kier alpha value is -3.25. The predicted molar refractivity (Wildman–Crippen MR) is 123 cm³/mol. The Balaban J connectivity index is 2.04. The molecule has 0 amide bonds. The second-order valence-corrected chi connectivity index (χ2v) is 8.27. The van der Waals surface area contributed by atoms with Crippen LogP contribution in [-0.2, 0) is 31.7 Å². The van der Waals surface area contributed by atoms with Crippen LogP contribution in [0.2, 0.25) is 5.02 Å². The maximum atomic E-state index is 12.8. The highest BCUT2D eigenvalue weighted by Gasteiger charge is 2.31. The molecule has 0 fully saturated rings. The Bertz CT molecular complexity index is 1100. The molecule has 2 aromatic carbocycles. The number of rotatable bonds is 12. The third kappa shape index (κ3) is 9.13. The number of thioether (sulfide) groups is 1. The van der Waals surface area contributed by atoms with Crippen molar-refractivity contribution < 1.29 is 41.9 Å². The quantitative estimate of drug-likeness (QED) is 0.114. The van der Waals surface area contributed by atoms with Crippen LogP contribution in [0.5, 0.6) is 11.5 Å². The van der Waals surface area contributed by atoms with Gasteiger partial charge in [-0.3, -0.25) is 14.9 Å². The lowest BCUT2D eigenvalue weighted by atomic mass is 10.1. The minimum atomic E-state index is -4.60. The summed E-state index contributed by atoms with van der Waals surface area (Å²) in [6.07, 6.45) is -3.47. The maximum Gasteiger partial charge on any atom is 0.416 e. The van der Waals surface area contributed by atoms with Crippen LogP contribution in [0.15, 0.2) is 49.1 Å². The van der Waals surface area contributed by atoms with Gasteiger partial charge in [0.05, 0.1) is 21.9 Å². The van der Waals surface area contributed by atoms with Gasteiger partial charge >= 0.3 is 18.1 Å². The Morgan fingerprint density at radius 3 is 2.51 bits per heavy atom. The van der Waals surface area contributed by atoms with E-state index in [4.69, 9.17) is 25.8 Å². The molecule has 0 N–H and O–H groups in total. The molecule has 0 heterocycles. The molecule has 0 aliphatic carbocycles. The van der Waals surface area contributed by atoms with Crippen molar-refractivity contribution in [3.05, 3.63) is 75.3 Å². The molecule has 0 aliphatic rings. The number of halogens is 4. The normalized spacial score (nSPS) is 11.0. The number of nitro groups is 1. The molecule has 0 spiro atoms. The number of nitrogens with zero attached hydrogens (tertiary/aromatic N) is 1. The van der Waals surface area contributed by atoms with Crippen molar-refractivity contribution in [3.63, 3.8) is 0 Å². The second-order valence-electron chi connectivity index (χ2n) is 6.71. The van der Waals surface area contributed by atoms with Crippen LogP contribution in [0.25, 0.3) is 0 Å². The van der Waals surface area contributed by atoms with Crippen molar-refractivity contribution in [2.45, 2.75) is 12.6 Å². The highest BCUT2D eigenvalue weighted by Crippen LogP contribution is 2.37. The highest BCUT2D eigenvalue weighted by atomic mass is 35.5. The minimum absolute atomic E-state index is 0.0171. The van der Waals surface area contributed by atoms with Gasteiger partial charge in [0.25, 0.3) is 5.69 Å². The first-order chi connectivity index (χ1) is 16.5. The summed E-state index contributed by atoms with van der Waals surface area (Å²) >= 11 is 7.36. The number of nitro benzene ring substituents is 1. The number of alkyl halides is 3. The van der Waals surface area contributed by atoms with Crippen molar-refractivity contribution in [2.24, 2.45) is 0 Å². The van der Waals surface area contributed by atoms with E-state index in [1.807, 2.05) is 0 Å². The van der Waals surface area contributed by atoms with Crippen LogP contribution >= 0.6 is 23.4 Å². The van der Waals surface area contributed by atoms with Crippen molar-refractivity contribution >= 4 is 41.0 Å². The van der Waals surface area contributed by atoms with Gasteiger partial charge in [0, 0.05) is 23.1 Å². The van der Waals surface area contributed by atoms with E-state index >= 15 is 0 Å². The lowest BCUT2D eigenvalue weighted by molar-refractivity contribution is -0.385. The molecule has 2 rings (SSSR count). The van der Waals surface area contributed by atoms with Crippen LogP contribution in [0.3, 0.4) is 0 Å². The molecule has 0 saturated heterocycles. The van der Waals surface area contributed by atoms with Gasteiger partial charge in [0.15, 0.2) is 6.61 Å². The summed E-state index contributed by atoms with van der Waals surface area (Å²) in [7, 11) is 0. The summed E-state index contributed by atoms with van der Waals surface area (Å²) in [5.74, 6) is -0.628. The smallest absolute Gasteiger partial charge is 0.416 e. The number of carbonyl (C=O) groups excluding carboxylic acids is 2. The fraction of sp³-hybridized carbons (Fsp3) is 0.273. The van der Waals surface area contributed by atoms with Gasteiger partial charge < -0.3 is 14.2 Å². The van der Waals surface area contributed by atoms with E-state index < -0.39 is 47.3 Å². The molecule has 13 heteroatoms. The molecule has 0 aromatic heterocycles. The molecule has 0 radical (unpaired) electrons. The van der Waals surface area contributed by atoms with E-state index in [-0.39, 0.29) is 28.7 Å². The van der Waals surface area contributed by atoms with E-state index in [0.717, 1.165) is 24.3 Å². The van der Waals surface area contributed by atoms with Crippen LogP contribution in [0, 0.1) is 10.1 Å². The summed E-state index contributed by atoms with van der Waals surface area (Å²) in [4.78, 5) is 34.4. The average Bonchev–Trinajstić information content (AvgIpc) is 2.78. The molecular formula is C22H19ClF3NO7S. The lowest BCUT2D eigenvalue weighted by Crippen LogP contribution is -2.19. The van der Waals surface area contributed by atoms with Crippen LogP contribution < -0.4 is 4.74 Å². The van der Waals surface area contributed by atoms with E-state index in [1.54, 1.807) is 6.08 Å². The van der Waals surface area contributed by atoms with Crippen molar-refractivity contribution in [2.75, 3.05) is 24.7 Å². The van der Waals surface area contributed by atoms with Crippen LogP contribution in [0.4, 0.5) is 18.9 Å². The fourth-order valence-corrected chi connectivity index (χ4v) is 3.35. The molecule has 2 aromatic rings. The first-order valence-electron chi connectivity index (χ1n) is 9.83. The molecule has 0 saturated carbocycles. The van der Waals surface area contributed by atoms with Crippen molar-refractivity contribution in [1.82, 2.24) is 0 Å². The summed E-state index contributed by atoms with van der Waals surface area (Å²) in [6, 6.07) is 5.86. The molecule has 0 bridgehead atoms. The molecule has 0 unspecified atom stereocenters. The van der Waals surface area contributed by atoms with Crippen molar-refractivity contribution in [3.8, 4) is 11.5 Å². The monoisotopic (exact) mass is 533 g/mol. The standard InChI is InChI=1S/C22H19ClF3NO7S/c1-2-8-35-9-7-32-21(29)13-33-20(28)11-14-10-16(4-5-18(14)27(30)31)34-19-6-3-15(12-17(19)23)22(24,25)26/h2-6,10,12H,1,7-9,11,13H2. The minimum Gasteiger partial charge on any atom is -0.462 e. The Labute approximate surface area is 207 Å². The molecule has 188 valence electrons. The molecule has 35 heavy (non-hydrogen) atoms. The Morgan fingerprint density at radius 2 is 1.89 bits per heavy atom. The number of esters is 2. The maximum absolute atomic E-state index is 12.8. The first kappa shape index (κ1) is 28.0. The number of carbonyl (C=O) groups is 2. The van der Waals surface area contributed by atoms with E-state index in [1.165, 1.54) is 17.8 Å². The Kier molecular flexibility index (Phi) is 10.4. The van der Waals surface area contributed by atoms with Gasteiger partial charge in [0.1, 0.15) is 18.1 Å². The zero-order chi connectivity index (χ0) is 26.0. The topological polar surface area (TPSA) is 105 Å². The second kappa shape index (κ2) is 13.0. The van der Waals surface area contributed by atoms with E-state index in [9.17, 15) is 32.9 Å². The number of hydrogen-bond acceptors (Lipinski definition) is 8. The summed E-state index contributed by atoms with van der Waals surface area (Å²) in [6.45, 7) is 3.00. The molecule has 0 atom stereocenters. The van der Waals surface area contributed by atoms with Crippen LogP contribution in [-0.4, -0.2) is 41.6 Å². The SMILES string of the molecule is C=CCSCCOC(=O)COC(=O)Cc1cc(Oc2ccc(C(F)(F)F)cc2Cl)ccc1[N+](=O)[O-]. The van der Waals surface area contributed by atoms with Gasteiger partial charge in [-0.05, 0) is 30.3 Å². The zero-order valence-electron chi connectivity index (χ0n) is 18.0. The number of benzene rings is 2. The first-order valence-corrected chi connectivity index (χ1v) is 11.4. The number of ether oxygens (including phenoxy) is 3. The molecule has 8 nitrogen and oxygen atoms in total. The van der Waals surface area contributed by atoms with Gasteiger partial charge in [0.2, 0.25) is 0 Å². The largest absolute Gasteiger partial charge is 0.462 e. The Morgan fingerprint density at radius 1 is 1.14 bits per heavy atom. The van der Waals surface area contributed by atoms with Gasteiger partial charge in [-0.15, -0.1) is 6.58 Å². The average molecular weight is 534 g/mol. The lowest BCUT2D eigenvalue weighted by Gasteiger charge is -2.12. The summed E-state index contributed by atoms with van der Waals surface area (Å²) in [5.41, 5.74) is -1.50. The summed E-state index contributed by atoms with van der Waals surface area (Å²) < 4.78 is 53.6. The zero-order valence-corrected chi connectivity index (χ0v) is 19.6. The van der Waals surface area contributed by atoms with E-state index in [0.29, 0.717) is 17.6 Å². The highest BCUT2D eigenvalue weighted by molar-refractivity contribution is 7.99. The van der Waals surface area contributed by atoms with E-state index in [2.05, 4.69) is 6.58 Å². The third-order valence-corrected chi connectivity index (χ3v) is 5.37. The van der Waals surface area contributed by atoms with Crippen LogP contribution in [0.1, 0.15) is 11.1 Å². The van der Waals surface area contributed by atoms with Gasteiger partial charge in [-0.2, -0.15) is 24.9 Å². The predicted octanol–water partition coefficient (Wildman–Crippen LogP) is 5.61. The fourth-order valence-electron chi connectivity index (χ4n) is 2.60. The molecule has 0 aliphatic heterocycles. The summed E-state index contributed by atoms with van der Waals surface area (Å²) in [5, 5.41) is 11.0. The van der Waals surface area contributed by atoms with Gasteiger partial charge in [-0.1, -0.05) is 17.7 Å². The third-order valence-electron chi connectivity index (χ3n) is 4.15. The number of hydrogen-bond donors (Lipinski definition) is 0.